The van der Waals surface area contributed by atoms with Crippen LogP contribution >= 0.6 is 0 Å². The highest BCUT2D eigenvalue weighted by atomic mass is 19.3. The standard InChI is InChI=1S/C28H25F2N3O3/c1-18(20-4-6-22(36-2)7-5-20)13-19-3-8-25-24(14-19)23(11-12-32-25)26(34)9-10-27(35)33-17-28(29,30)15-21(33)16-31/h3-8,11-14,21H,9-10,15,17H2,1-2H3/b18-13+/t21-/m0/s1. The lowest BCUT2D eigenvalue weighted by Crippen LogP contribution is -2.36. The van der Waals surface area contributed by atoms with E-state index in [0.717, 1.165) is 27.3 Å². The molecular weight excluding hydrogens is 464 g/mol. The van der Waals surface area contributed by atoms with E-state index in [4.69, 9.17) is 10.00 Å². The lowest BCUT2D eigenvalue weighted by atomic mass is 9.98. The smallest absolute Gasteiger partial charge is 0.268 e. The number of methoxy groups -OCH3 is 1. The van der Waals surface area contributed by atoms with Crippen LogP contribution in [0, 0.1) is 11.3 Å². The van der Waals surface area contributed by atoms with Gasteiger partial charge in [-0.25, -0.2) is 8.78 Å². The number of likely N-dealkylation sites (tertiary alicyclic amines) is 1. The van der Waals surface area contributed by atoms with Crippen LogP contribution in [-0.4, -0.2) is 47.2 Å². The van der Waals surface area contributed by atoms with E-state index in [9.17, 15) is 18.4 Å². The van der Waals surface area contributed by atoms with E-state index in [1.165, 1.54) is 6.20 Å². The molecule has 0 bridgehead atoms. The molecule has 1 atom stereocenters. The van der Waals surface area contributed by atoms with Crippen LogP contribution in [0.2, 0.25) is 0 Å². The lowest BCUT2D eigenvalue weighted by Gasteiger charge is -2.18. The SMILES string of the molecule is COc1ccc(/C(C)=C/c2ccc3nccc(C(=O)CCC(=O)N4CC(F)(F)C[C@H]4C#N)c3c2)cc1. The number of hydrogen-bond acceptors (Lipinski definition) is 5. The normalized spacial score (nSPS) is 17.1. The number of allylic oxidation sites excluding steroid dienone is 1. The molecule has 0 radical (unpaired) electrons. The average molecular weight is 490 g/mol. The third-order valence-corrected chi connectivity index (χ3v) is 6.30. The summed E-state index contributed by atoms with van der Waals surface area (Å²) in [4.78, 5) is 30.8. The van der Waals surface area contributed by atoms with Gasteiger partial charge in [0.15, 0.2) is 5.78 Å². The van der Waals surface area contributed by atoms with Crippen LogP contribution in [0.15, 0.2) is 54.7 Å². The first kappa shape index (κ1) is 25.0. The number of rotatable bonds is 7. The Hall–Kier alpha value is -4.12. The summed E-state index contributed by atoms with van der Waals surface area (Å²) >= 11 is 0. The number of alkyl halides is 2. The minimum absolute atomic E-state index is 0.150. The molecule has 36 heavy (non-hydrogen) atoms. The van der Waals surface area contributed by atoms with Gasteiger partial charge < -0.3 is 9.64 Å². The first-order valence-electron chi connectivity index (χ1n) is 11.5. The molecule has 3 aromatic rings. The van der Waals surface area contributed by atoms with Crippen molar-refractivity contribution < 1.29 is 23.1 Å². The Balaban J connectivity index is 1.53. The van der Waals surface area contributed by atoms with Crippen LogP contribution in [0.5, 0.6) is 5.75 Å². The molecule has 1 amide bonds. The Morgan fingerprint density at radius 3 is 2.64 bits per heavy atom. The van der Waals surface area contributed by atoms with E-state index >= 15 is 0 Å². The van der Waals surface area contributed by atoms with Gasteiger partial charge in [0.25, 0.3) is 5.92 Å². The fraction of sp³-hybridized carbons (Fsp3) is 0.286. The number of carbonyl (C=O) groups excluding carboxylic acids is 2. The van der Waals surface area contributed by atoms with Gasteiger partial charge in [-0.1, -0.05) is 24.3 Å². The first-order chi connectivity index (χ1) is 17.2. The van der Waals surface area contributed by atoms with Crippen LogP contribution in [-0.2, 0) is 4.79 Å². The van der Waals surface area contributed by atoms with Crippen molar-refractivity contribution in [3.05, 3.63) is 71.4 Å². The molecule has 1 fully saturated rings. The van der Waals surface area contributed by atoms with E-state index in [1.807, 2.05) is 55.5 Å². The molecule has 0 N–H and O–H groups in total. The summed E-state index contributed by atoms with van der Waals surface area (Å²) in [5.74, 6) is -3.23. The van der Waals surface area contributed by atoms with Gasteiger partial charge in [-0.2, -0.15) is 5.26 Å². The monoisotopic (exact) mass is 489 g/mol. The minimum Gasteiger partial charge on any atom is -0.497 e. The molecule has 8 heteroatoms. The Bertz CT molecular complexity index is 1380. The van der Waals surface area contributed by atoms with Crippen LogP contribution in [0.4, 0.5) is 8.78 Å². The summed E-state index contributed by atoms with van der Waals surface area (Å²) in [6, 6.07) is 15.5. The molecular formula is C28H25F2N3O3. The second-order valence-corrected chi connectivity index (χ2v) is 8.84. The number of halogens is 2. The van der Waals surface area contributed by atoms with E-state index < -0.39 is 30.8 Å². The highest BCUT2D eigenvalue weighted by molar-refractivity contribution is 6.08. The number of amides is 1. The summed E-state index contributed by atoms with van der Waals surface area (Å²) in [5, 5.41) is 9.76. The van der Waals surface area contributed by atoms with Gasteiger partial charge in [-0.05, 0) is 54.0 Å². The van der Waals surface area contributed by atoms with E-state index in [-0.39, 0.29) is 18.6 Å². The maximum atomic E-state index is 13.7. The van der Waals surface area contributed by atoms with E-state index in [1.54, 1.807) is 19.2 Å². The van der Waals surface area contributed by atoms with Crippen molar-refractivity contribution >= 4 is 34.2 Å². The Kier molecular flexibility index (Phi) is 7.11. The number of fused-ring (bicyclic) bond motifs is 1. The second-order valence-electron chi connectivity index (χ2n) is 8.84. The molecule has 0 aliphatic carbocycles. The van der Waals surface area contributed by atoms with E-state index in [2.05, 4.69) is 4.98 Å². The number of carbonyl (C=O) groups is 2. The summed E-state index contributed by atoms with van der Waals surface area (Å²) in [5.41, 5.74) is 3.97. The fourth-order valence-corrected chi connectivity index (χ4v) is 4.38. The third kappa shape index (κ3) is 5.41. The predicted molar refractivity (Wildman–Crippen MR) is 133 cm³/mol. The molecule has 2 heterocycles. The summed E-state index contributed by atoms with van der Waals surface area (Å²) in [6.45, 7) is 1.20. The molecule has 1 aliphatic rings. The van der Waals surface area contributed by atoms with Crippen molar-refractivity contribution in [2.24, 2.45) is 0 Å². The third-order valence-electron chi connectivity index (χ3n) is 6.30. The van der Waals surface area contributed by atoms with Gasteiger partial charge in [0.05, 0.1) is 25.2 Å². The topological polar surface area (TPSA) is 83.3 Å². The lowest BCUT2D eigenvalue weighted by molar-refractivity contribution is -0.132. The maximum absolute atomic E-state index is 13.7. The predicted octanol–water partition coefficient (Wildman–Crippen LogP) is 5.53. The van der Waals surface area contributed by atoms with Crippen molar-refractivity contribution in [3.63, 3.8) is 0 Å². The van der Waals surface area contributed by atoms with Crippen molar-refractivity contribution in [1.29, 1.82) is 5.26 Å². The van der Waals surface area contributed by atoms with Gasteiger partial charge in [0.2, 0.25) is 5.91 Å². The molecule has 0 saturated carbocycles. The Labute approximate surface area is 207 Å². The Morgan fingerprint density at radius 2 is 1.94 bits per heavy atom. The number of hydrogen-bond donors (Lipinski definition) is 0. The number of ketones is 1. The number of Topliss-reactive ketones (excluding diaryl/α,β-unsaturated/α-hetero) is 1. The average Bonchev–Trinajstić information content (AvgIpc) is 3.21. The second kappa shape index (κ2) is 10.2. The molecule has 6 nitrogen and oxygen atoms in total. The molecule has 1 aromatic heterocycles. The van der Waals surface area contributed by atoms with Gasteiger partial charge in [0, 0.05) is 36.4 Å². The maximum Gasteiger partial charge on any atom is 0.268 e. The number of aromatic nitrogens is 1. The first-order valence-corrected chi connectivity index (χ1v) is 11.5. The van der Waals surface area contributed by atoms with Crippen LogP contribution in [0.3, 0.4) is 0 Å². The highest BCUT2D eigenvalue weighted by Crippen LogP contribution is 2.32. The zero-order valence-electron chi connectivity index (χ0n) is 20.0. The van der Waals surface area contributed by atoms with Gasteiger partial charge in [0.1, 0.15) is 11.8 Å². The van der Waals surface area contributed by atoms with Crippen LogP contribution < -0.4 is 4.74 Å². The molecule has 184 valence electrons. The molecule has 4 rings (SSSR count). The van der Waals surface area contributed by atoms with Crippen molar-refractivity contribution in [2.45, 2.75) is 38.2 Å². The quantitative estimate of drug-likeness (QED) is 0.322. The number of benzene rings is 2. The van der Waals surface area contributed by atoms with Crippen LogP contribution in [0.1, 0.15) is 47.7 Å². The van der Waals surface area contributed by atoms with Gasteiger partial charge in [-0.3, -0.25) is 14.6 Å². The molecule has 0 unspecified atom stereocenters. The highest BCUT2D eigenvalue weighted by Gasteiger charge is 2.47. The zero-order valence-corrected chi connectivity index (χ0v) is 20.0. The van der Waals surface area contributed by atoms with Crippen molar-refractivity contribution in [3.8, 4) is 11.8 Å². The minimum atomic E-state index is -3.09. The number of ether oxygens (including phenoxy) is 1. The molecule has 1 saturated heterocycles. The largest absolute Gasteiger partial charge is 0.497 e. The molecule has 0 spiro atoms. The summed E-state index contributed by atoms with van der Waals surface area (Å²) in [6.07, 6.45) is 2.46. The van der Waals surface area contributed by atoms with Gasteiger partial charge in [-0.15, -0.1) is 0 Å². The fourth-order valence-electron chi connectivity index (χ4n) is 4.38. The van der Waals surface area contributed by atoms with Crippen LogP contribution in [0.25, 0.3) is 22.6 Å². The molecule has 2 aromatic carbocycles. The zero-order chi connectivity index (χ0) is 25.9. The van der Waals surface area contributed by atoms with Crippen molar-refractivity contribution in [1.82, 2.24) is 9.88 Å². The summed E-state index contributed by atoms with van der Waals surface area (Å²) in [7, 11) is 1.61. The Morgan fingerprint density at radius 1 is 1.19 bits per heavy atom. The number of nitriles is 1. The van der Waals surface area contributed by atoms with Crippen molar-refractivity contribution in [2.75, 3.05) is 13.7 Å². The molecule has 1 aliphatic heterocycles. The van der Waals surface area contributed by atoms with E-state index in [0.29, 0.717) is 16.5 Å². The van der Waals surface area contributed by atoms with Gasteiger partial charge >= 0.3 is 0 Å². The number of pyridine rings is 1. The summed E-state index contributed by atoms with van der Waals surface area (Å²) < 4.78 is 32.5. The number of nitrogens with zero attached hydrogens (tertiary/aromatic N) is 3.